The summed E-state index contributed by atoms with van der Waals surface area (Å²) in [6.45, 7) is 4.43. The van der Waals surface area contributed by atoms with Crippen LogP contribution >= 0.6 is 11.5 Å². The van der Waals surface area contributed by atoms with E-state index in [0.717, 1.165) is 17.7 Å². The third-order valence-corrected chi connectivity index (χ3v) is 1.67. The molecule has 0 bridgehead atoms. The summed E-state index contributed by atoms with van der Waals surface area (Å²) in [5.74, 6) is 0. The maximum Gasteiger partial charge on any atom is 0.101 e. The molecule has 0 radical (unpaired) electrons. The summed E-state index contributed by atoms with van der Waals surface area (Å²) in [6.07, 6.45) is 0.797. The van der Waals surface area contributed by atoms with Crippen LogP contribution < -0.4 is 5.73 Å². The zero-order chi connectivity index (χ0) is 7.40. The maximum atomic E-state index is 5.33. The van der Waals surface area contributed by atoms with E-state index in [4.69, 9.17) is 5.73 Å². The molecule has 0 aliphatic heterocycles. The van der Waals surface area contributed by atoms with Gasteiger partial charge in [-0.2, -0.15) is 0 Å². The van der Waals surface area contributed by atoms with E-state index in [1.165, 1.54) is 11.5 Å². The van der Waals surface area contributed by atoms with Crippen molar-refractivity contribution in [3.63, 3.8) is 0 Å². The van der Waals surface area contributed by atoms with Crippen LogP contribution in [0.3, 0.4) is 0 Å². The fraction of sp³-hybridized carbons (Fsp3) is 0.333. The van der Waals surface area contributed by atoms with Crippen molar-refractivity contribution in [2.45, 2.75) is 6.42 Å². The van der Waals surface area contributed by atoms with Gasteiger partial charge in [0.05, 0.1) is 0 Å². The molecule has 1 aromatic rings. The Morgan fingerprint density at radius 2 is 2.60 bits per heavy atom. The Bertz CT molecular complexity index is 205. The molecule has 0 aliphatic rings. The predicted molar refractivity (Wildman–Crippen MR) is 42.6 cm³/mol. The van der Waals surface area contributed by atoms with Crippen LogP contribution in [0.1, 0.15) is 12.1 Å². The molecule has 0 fully saturated rings. The van der Waals surface area contributed by atoms with Crippen molar-refractivity contribution in [2.24, 2.45) is 5.73 Å². The molecule has 54 valence electrons. The summed E-state index contributed by atoms with van der Waals surface area (Å²) in [5, 5.41) is 5.72. The van der Waals surface area contributed by atoms with Gasteiger partial charge in [-0.3, -0.25) is 0 Å². The van der Waals surface area contributed by atoms with Gasteiger partial charge < -0.3 is 5.73 Å². The Morgan fingerprint density at radius 3 is 3.10 bits per heavy atom. The summed E-state index contributed by atoms with van der Waals surface area (Å²) in [7, 11) is 0. The molecule has 3 nitrogen and oxygen atoms in total. The molecule has 0 saturated heterocycles. The highest BCUT2D eigenvalue weighted by Gasteiger charge is 1.99. The Balaban J connectivity index is 2.59. The van der Waals surface area contributed by atoms with E-state index in [1.807, 2.05) is 5.38 Å². The molecular formula is C6H9N3S. The van der Waals surface area contributed by atoms with E-state index in [9.17, 15) is 0 Å². The minimum Gasteiger partial charge on any atom is -0.330 e. The highest BCUT2D eigenvalue weighted by molar-refractivity contribution is 7.03. The molecule has 1 aromatic heterocycles. The van der Waals surface area contributed by atoms with Gasteiger partial charge in [-0.05, 0) is 30.1 Å². The van der Waals surface area contributed by atoms with Gasteiger partial charge in [0.15, 0.2) is 0 Å². The van der Waals surface area contributed by atoms with Crippen LogP contribution in [0.25, 0.3) is 5.57 Å². The number of nitrogens with zero attached hydrogens (tertiary/aromatic N) is 2. The first-order chi connectivity index (χ1) is 4.84. The zero-order valence-corrected chi connectivity index (χ0v) is 6.40. The summed E-state index contributed by atoms with van der Waals surface area (Å²) in [6, 6.07) is 0. The molecule has 0 unspecified atom stereocenters. The largest absolute Gasteiger partial charge is 0.330 e. The lowest BCUT2D eigenvalue weighted by Gasteiger charge is -1.95. The second-order valence-corrected chi connectivity index (χ2v) is 2.54. The molecule has 0 spiro atoms. The molecular weight excluding hydrogens is 146 g/mol. The third kappa shape index (κ3) is 1.62. The van der Waals surface area contributed by atoms with Crippen molar-refractivity contribution in [3.8, 4) is 0 Å². The first-order valence-corrected chi connectivity index (χ1v) is 3.83. The average molecular weight is 155 g/mol. The Morgan fingerprint density at radius 1 is 1.80 bits per heavy atom. The molecule has 2 N–H and O–H groups in total. The number of hydrogen-bond acceptors (Lipinski definition) is 4. The minimum atomic E-state index is 0.621. The standard InChI is InChI=1S/C6H9N3S/c1-5(2-3-7)6-4-10-9-8-6/h4H,1-3,7H2. The van der Waals surface area contributed by atoms with Gasteiger partial charge in [0, 0.05) is 5.38 Å². The number of rotatable bonds is 3. The van der Waals surface area contributed by atoms with Crippen molar-refractivity contribution >= 4 is 17.1 Å². The van der Waals surface area contributed by atoms with Gasteiger partial charge >= 0.3 is 0 Å². The summed E-state index contributed by atoms with van der Waals surface area (Å²) in [5.41, 5.74) is 7.17. The van der Waals surface area contributed by atoms with E-state index in [2.05, 4.69) is 16.2 Å². The fourth-order valence-electron chi connectivity index (χ4n) is 0.621. The molecule has 4 heteroatoms. The Labute approximate surface area is 63.7 Å². The van der Waals surface area contributed by atoms with Gasteiger partial charge in [0.1, 0.15) is 5.69 Å². The van der Waals surface area contributed by atoms with E-state index in [1.54, 1.807) is 0 Å². The highest BCUT2D eigenvalue weighted by Crippen LogP contribution is 2.12. The van der Waals surface area contributed by atoms with E-state index in [-0.39, 0.29) is 0 Å². The van der Waals surface area contributed by atoms with E-state index >= 15 is 0 Å². The second-order valence-electron chi connectivity index (χ2n) is 1.93. The smallest absolute Gasteiger partial charge is 0.101 e. The van der Waals surface area contributed by atoms with Gasteiger partial charge in [-0.1, -0.05) is 11.1 Å². The molecule has 1 heterocycles. The lowest BCUT2D eigenvalue weighted by Crippen LogP contribution is -1.99. The van der Waals surface area contributed by atoms with E-state index in [0.29, 0.717) is 6.54 Å². The quantitative estimate of drug-likeness (QED) is 0.705. The van der Waals surface area contributed by atoms with Crippen molar-refractivity contribution in [1.82, 2.24) is 9.59 Å². The zero-order valence-electron chi connectivity index (χ0n) is 5.58. The van der Waals surface area contributed by atoms with Gasteiger partial charge in [-0.25, -0.2) is 0 Å². The lowest BCUT2D eigenvalue weighted by atomic mass is 10.2. The molecule has 0 saturated carbocycles. The van der Waals surface area contributed by atoms with Crippen LogP contribution in [0.5, 0.6) is 0 Å². The van der Waals surface area contributed by atoms with Crippen molar-refractivity contribution in [2.75, 3.05) is 6.54 Å². The van der Waals surface area contributed by atoms with Crippen LogP contribution in [-0.2, 0) is 0 Å². The first kappa shape index (κ1) is 7.37. The molecule has 0 aromatic carbocycles. The average Bonchev–Trinajstić information content (AvgIpc) is 2.38. The molecule has 0 aliphatic carbocycles. The lowest BCUT2D eigenvalue weighted by molar-refractivity contribution is 1.01. The topological polar surface area (TPSA) is 51.8 Å². The van der Waals surface area contributed by atoms with Crippen LogP contribution in [0, 0.1) is 0 Å². The third-order valence-electron chi connectivity index (χ3n) is 1.17. The van der Waals surface area contributed by atoms with Gasteiger partial charge in [-0.15, -0.1) is 5.10 Å². The number of nitrogens with two attached hydrogens (primary N) is 1. The number of hydrogen-bond donors (Lipinski definition) is 1. The molecule has 0 amide bonds. The monoisotopic (exact) mass is 155 g/mol. The highest BCUT2D eigenvalue weighted by atomic mass is 32.1. The fourth-order valence-corrected chi connectivity index (χ4v) is 1.12. The van der Waals surface area contributed by atoms with Crippen molar-refractivity contribution in [1.29, 1.82) is 0 Å². The van der Waals surface area contributed by atoms with Crippen LogP contribution in [-0.4, -0.2) is 16.1 Å². The number of aromatic nitrogens is 2. The molecule has 0 atom stereocenters. The summed E-state index contributed by atoms with van der Waals surface area (Å²) in [4.78, 5) is 0. The summed E-state index contributed by atoms with van der Waals surface area (Å²) >= 11 is 1.33. The maximum absolute atomic E-state index is 5.33. The summed E-state index contributed by atoms with van der Waals surface area (Å²) < 4.78 is 3.72. The molecule has 10 heavy (non-hydrogen) atoms. The van der Waals surface area contributed by atoms with Crippen LogP contribution in [0.2, 0.25) is 0 Å². The minimum absolute atomic E-state index is 0.621. The SMILES string of the molecule is C=C(CCN)c1csnn1. The van der Waals surface area contributed by atoms with E-state index < -0.39 is 0 Å². The van der Waals surface area contributed by atoms with Crippen molar-refractivity contribution in [3.05, 3.63) is 17.7 Å². The van der Waals surface area contributed by atoms with Gasteiger partial charge in [0.2, 0.25) is 0 Å². The molecule has 1 rings (SSSR count). The van der Waals surface area contributed by atoms with Gasteiger partial charge in [0.25, 0.3) is 0 Å². The van der Waals surface area contributed by atoms with Crippen LogP contribution in [0.4, 0.5) is 0 Å². The Hall–Kier alpha value is -0.740. The van der Waals surface area contributed by atoms with Crippen LogP contribution in [0.15, 0.2) is 12.0 Å². The first-order valence-electron chi connectivity index (χ1n) is 3.00. The normalized spacial score (nSPS) is 9.70. The van der Waals surface area contributed by atoms with Crippen molar-refractivity contribution < 1.29 is 0 Å². The second kappa shape index (κ2) is 3.43. The Kier molecular flexibility index (Phi) is 2.53. The predicted octanol–water partition coefficient (Wildman–Crippen LogP) is 0.900.